The van der Waals surface area contributed by atoms with Crippen LogP contribution in [-0.2, 0) is 124 Å². The van der Waals surface area contributed by atoms with E-state index < -0.39 is 53.0 Å². The number of aldehydes is 2. The average Bonchev–Trinajstić information content (AvgIpc) is 3.26. The zero-order valence-corrected chi connectivity index (χ0v) is 46.4. The van der Waals surface area contributed by atoms with Crippen molar-refractivity contribution in [2.45, 2.75) is 81.2 Å². The van der Waals surface area contributed by atoms with Gasteiger partial charge in [-0.3, -0.25) is 71.2 Å². The van der Waals surface area contributed by atoms with Gasteiger partial charge in [-0.2, -0.15) is 0 Å². The Bertz CT molecular complexity index is 1790. The molecule has 0 aromatic heterocycles. The van der Waals surface area contributed by atoms with Gasteiger partial charge in [0.2, 0.25) is 23.6 Å². The molecule has 0 saturated carbocycles. The van der Waals surface area contributed by atoms with Crippen molar-refractivity contribution >= 4 is 59.6 Å². The van der Waals surface area contributed by atoms with Crippen LogP contribution in [0, 0.1) is 32.4 Å². The van der Waals surface area contributed by atoms with E-state index >= 15 is 0 Å². The number of fused-ring (bicyclic) bond motifs is 1. The third-order valence-corrected chi connectivity index (χ3v) is 8.11. The van der Waals surface area contributed by atoms with Gasteiger partial charge in [0.25, 0.3) is 0 Å². The fourth-order valence-corrected chi connectivity index (χ4v) is 5.10. The number of urea groups is 2. The molecule has 0 aliphatic carbocycles. The van der Waals surface area contributed by atoms with Crippen molar-refractivity contribution in [1.29, 1.82) is 0 Å². The number of barbiturate groups is 2. The molecule has 3 aliphatic heterocycles. The minimum atomic E-state index is -1.33. The summed E-state index contributed by atoms with van der Waals surface area (Å²) in [4.78, 5) is 90.7. The maximum Gasteiger partial charge on any atom is 0.328 e. The molecule has 15 nitrogen and oxygen atoms in total. The molecule has 2 fully saturated rings. The van der Waals surface area contributed by atoms with Crippen LogP contribution in [0.4, 0.5) is 25.4 Å². The molecule has 5 N–H and O–H groups in total. The Morgan fingerprint density at radius 2 is 1.14 bits per heavy atom. The van der Waals surface area contributed by atoms with E-state index in [1.54, 1.807) is 34.9 Å². The third-order valence-electron chi connectivity index (χ3n) is 8.11. The fourth-order valence-electron chi connectivity index (χ4n) is 5.10. The molecule has 339 valence electrons. The summed E-state index contributed by atoms with van der Waals surface area (Å²) in [5.74, 6) is -2.70. The molecule has 0 bridgehead atoms. The monoisotopic (exact) mass is 1100 g/mol. The number of amides is 8. The molecule has 19 heteroatoms. The standard InChI is InChI=1S/C14H14N3O3.C10H12NO.C7H5FO.C4H4N2O3.C3H8N.3C2H6.3Y/c1-8-14(11(18)15-13(20)16-12(14)19)7-9-5-3-4-6-10(9)17(8)2;1-3-11(2)10-7-5-4-6-9(10)8-12;8-7-4-2-1-3-6(7)5-9;7-2-1-3(8)6-4(9)5-2;1-3-4-2;3*1-2;;;/h3-6,8H,2,7H2,1H3,(H2,15,16,18,19,20);4-8H,2-3H2,1H3;1-5H;1H2,(H2,5,6,7,8,9);4H,2-3H2,1H3;3*1-2H3;;;/q2*-1;;;-1;;;;;;. The number of carbonyl (C=O) groups excluding carboxylic acids is 8. The number of nitrogens with zero attached hydrogens (tertiary/aromatic N) is 2. The molecule has 3 aromatic rings. The third kappa shape index (κ3) is 22.7. The second kappa shape index (κ2) is 39.4. The summed E-state index contributed by atoms with van der Waals surface area (Å²) < 4.78 is 12.4. The van der Waals surface area contributed by atoms with Gasteiger partial charge in [-0.05, 0) is 62.3 Å². The van der Waals surface area contributed by atoms with E-state index in [1.165, 1.54) is 12.1 Å². The van der Waals surface area contributed by atoms with Gasteiger partial charge in [0, 0.05) is 121 Å². The summed E-state index contributed by atoms with van der Waals surface area (Å²) in [6.07, 6.45) is 1.34. The number of hydrogen-bond acceptors (Lipinski definition) is 11. The van der Waals surface area contributed by atoms with Crippen molar-refractivity contribution in [3.05, 3.63) is 116 Å². The smallest absolute Gasteiger partial charge is 0.328 e. The summed E-state index contributed by atoms with van der Waals surface area (Å²) in [5.41, 5.74) is 2.11. The molecule has 1 unspecified atom stereocenters. The van der Waals surface area contributed by atoms with Gasteiger partial charge in [0.05, 0.1) is 5.56 Å². The van der Waals surface area contributed by atoms with Crippen molar-refractivity contribution in [1.82, 2.24) is 26.6 Å². The van der Waals surface area contributed by atoms with E-state index in [2.05, 4.69) is 37.1 Å². The molecule has 2 saturated heterocycles. The number of anilines is 2. The number of hydrogen-bond donors (Lipinski definition) is 5. The van der Waals surface area contributed by atoms with Crippen LogP contribution in [-0.4, -0.2) is 67.4 Å². The first kappa shape index (κ1) is 69.1. The van der Waals surface area contributed by atoms with Crippen LogP contribution < -0.4 is 36.4 Å². The molecule has 8 amide bonds. The predicted molar refractivity (Wildman–Crippen MR) is 233 cm³/mol. The molecule has 3 heterocycles. The van der Waals surface area contributed by atoms with Crippen LogP contribution in [0.2, 0.25) is 0 Å². The number of halogens is 1. The Labute approximate surface area is 448 Å². The molecule has 3 aromatic carbocycles. The number of nitrogens with one attached hydrogen (secondary N) is 5. The maximum absolute atomic E-state index is 12.4. The number of imide groups is 4. The first-order chi connectivity index (χ1) is 28.7. The van der Waals surface area contributed by atoms with E-state index in [4.69, 9.17) is 0 Å². The number of rotatable bonds is 5. The van der Waals surface area contributed by atoms with Gasteiger partial charge >= 0.3 is 12.1 Å². The molecular weight excluding hydrogens is 1040 g/mol. The van der Waals surface area contributed by atoms with Crippen molar-refractivity contribution in [3.8, 4) is 0 Å². The average molecular weight is 1100 g/mol. The van der Waals surface area contributed by atoms with Gasteiger partial charge in [-0.1, -0.05) is 97.9 Å². The number of carbonyl (C=O) groups is 8. The van der Waals surface area contributed by atoms with Crippen LogP contribution in [0.1, 0.15) is 95.0 Å². The second-order valence-corrected chi connectivity index (χ2v) is 11.5. The Morgan fingerprint density at radius 1 is 0.730 bits per heavy atom. The van der Waals surface area contributed by atoms with E-state index in [0.717, 1.165) is 36.3 Å². The quantitative estimate of drug-likeness (QED) is 0.106. The zero-order valence-electron chi connectivity index (χ0n) is 37.9. The normalized spacial score (nSPS) is 14.2. The van der Waals surface area contributed by atoms with Gasteiger partial charge in [-0.15, -0.1) is 0 Å². The van der Waals surface area contributed by atoms with E-state index in [1.807, 2.05) is 108 Å². The Morgan fingerprint density at radius 3 is 1.56 bits per heavy atom. The SMILES string of the molecule is CC.CC.CC.O=C1CC(=O)NC(=O)N1.O=Cc1ccccc1F.[CH2-]N(CC)c1ccccc1C=O.[CH2-]N1c2ccccc2CC2(C(=O)NC(=O)NC2=O)C1C.[CH2-]NCC.[Y].[Y].[Y]. The van der Waals surface area contributed by atoms with Crippen molar-refractivity contribution < 1.29 is 141 Å². The fraction of sp³-hybridized carbons (Fsp3) is 0.341. The molecule has 1 atom stereocenters. The molecule has 3 aliphatic rings. The van der Waals surface area contributed by atoms with Gasteiger partial charge in [-0.25, -0.2) is 14.0 Å². The summed E-state index contributed by atoms with van der Waals surface area (Å²) >= 11 is 0. The van der Waals surface area contributed by atoms with Gasteiger partial charge in [0.1, 0.15) is 17.7 Å². The van der Waals surface area contributed by atoms with Crippen molar-refractivity contribution in [3.63, 3.8) is 0 Å². The molecule has 3 radical (unpaired) electrons. The van der Waals surface area contributed by atoms with Crippen LogP contribution >= 0.6 is 0 Å². The zero-order chi connectivity index (χ0) is 46.4. The summed E-state index contributed by atoms with van der Waals surface area (Å²) in [6.45, 7) is 19.5. The van der Waals surface area contributed by atoms with E-state index in [9.17, 15) is 42.7 Å². The topological polar surface area (TPSA) is 203 Å². The summed E-state index contributed by atoms with van der Waals surface area (Å²) in [7, 11) is 11.1. The Balaban J connectivity index is -0.000000228. The minimum Gasteiger partial charge on any atom is -0.525 e. The largest absolute Gasteiger partial charge is 0.525 e. The van der Waals surface area contributed by atoms with Crippen LogP contribution in [0.5, 0.6) is 0 Å². The Kier molecular flexibility index (Phi) is 43.2. The predicted octanol–water partition coefficient (Wildman–Crippen LogP) is 6.54. The van der Waals surface area contributed by atoms with Crippen molar-refractivity contribution in [2.24, 2.45) is 5.41 Å². The van der Waals surface area contributed by atoms with Gasteiger partial charge in [0.15, 0.2) is 12.6 Å². The van der Waals surface area contributed by atoms with Gasteiger partial charge < -0.3 is 15.1 Å². The molecular formula is C44H61FN7O8Y3-3. The molecule has 63 heavy (non-hydrogen) atoms. The number of benzene rings is 3. The maximum atomic E-state index is 12.4. The molecule has 6 rings (SSSR count). The molecule has 1 spiro atoms. The second-order valence-electron chi connectivity index (χ2n) is 11.5. The van der Waals surface area contributed by atoms with Crippen LogP contribution in [0.25, 0.3) is 0 Å². The summed E-state index contributed by atoms with van der Waals surface area (Å²) in [6, 6.07) is 18.8. The first-order valence-electron chi connectivity index (χ1n) is 19.5. The summed E-state index contributed by atoms with van der Waals surface area (Å²) in [5, 5.41) is 10.9. The van der Waals surface area contributed by atoms with E-state index in [0.29, 0.717) is 11.8 Å². The number of para-hydroxylation sites is 2. The van der Waals surface area contributed by atoms with Crippen LogP contribution in [0.3, 0.4) is 0 Å². The van der Waals surface area contributed by atoms with Crippen LogP contribution in [0.15, 0.2) is 72.8 Å². The van der Waals surface area contributed by atoms with Crippen molar-refractivity contribution in [2.75, 3.05) is 22.9 Å². The van der Waals surface area contributed by atoms with E-state index in [-0.39, 0.29) is 117 Å². The first-order valence-corrected chi connectivity index (χ1v) is 19.5. The minimum absolute atomic E-state index is 0. The Hall–Kier alpha value is -2.98.